The monoisotopic (exact) mass is 321 g/mol. The number of ether oxygens (including phenoxy) is 1. The number of nitrogens with one attached hydrogen (secondary N) is 1. The summed E-state index contributed by atoms with van der Waals surface area (Å²) >= 11 is 0. The van der Waals surface area contributed by atoms with Gasteiger partial charge >= 0.3 is 0 Å². The number of fused-ring (bicyclic) bond motifs is 1. The van der Waals surface area contributed by atoms with Crippen molar-refractivity contribution in [1.29, 1.82) is 0 Å². The van der Waals surface area contributed by atoms with Gasteiger partial charge in [0, 0.05) is 44.1 Å². The third kappa shape index (κ3) is 4.09. The molecule has 0 spiro atoms. The van der Waals surface area contributed by atoms with E-state index in [0.717, 1.165) is 32.1 Å². The van der Waals surface area contributed by atoms with Crippen LogP contribution in [0.15, 0.2) is 17.6 Å². The number of rotatable bonds is 8. The molecule has 1 N–H and O–H groups in total. The van der Waals surface area contributed by atoms with Crippen LogP contribution in [-0.4, -0.2) is 49.7 Å². The molecule has 0 aromatic carbocycles. The van der Waals surface area contributed by atoms with Crippen LogP contribution in [0.4, 0.5) is 0 Å². The van der Waals surface area contributed by atoms with Gasteiger partial charge in [0.1, 0.15) is 0 Å². The molecule has 0 aromatic rings. The highest BCUT2D eigenvalue weighted by molar-refractivity contribution is 5.80. The molecule has 132 valence electrons. The second kappa shape index (κ2) is 8.18. The van der Waals surface area contributed by atoms with Crippen molar-refractivity contribution in [2.75, 3.05) is 26.7 Å². The summed E-state index contributed by atoms with van der Waals surface area (Å²) < 4.78 is 5.90. The first-order valence-electron chi connectivity index (χ1n) is 9.27. The second-order valence-electron chi connectivity index (χ2n) is 7.54. The van der Waals surface area contributed by atoms with E-state index in [-0.39, 0.29) is 5.41 Å². The van der Waals surface area contributed by atoms with Crippen LogP contribution in [0.1, 0.15) is 52.9 Å². The van der Waals surface area contributed by atoms with Crippen molar-refractivity contribution in [3.8, 4) is 0 Å². The minimum atomic E-state index is 0.195. The molecule has 4 heteroatoms. The Morgan fingerprint density at radius 3 is 2.87 bits per heavy atom. The van der Waals surface area contributed by atoms with Crippen LogP contribution in [0.5, 0.6) is 0 Å². The first kappa shape index (κ1) is 18.3. The van der Waals surface area contributed by atoms with E-state index in [1.54, 1.807) is 0 Å². The third-order valence-corrected chi connectivity index (χ3v) is 5.46. The molecule has 0 amide bonds. The lowest BCUT2D eigenvalue weighted by atomic mass is 9.57. The zero-order chi connectivity index (χ0) is 16.9. The fourth-order valence-electron chi connectivity index (χ4n) is 4.10. The normalized spacial score (nSPS) is 28.9. The van der Waals surface area contributed by atoms with Gasteiger partial charge in [-0.05, 0) is 32.6 Å². The fraction of sp³-hybridized carbons (Fsp3) is 0.842. The second-order valence-corrected chi connectivity index (χ2v) is 7.54. The predicted octanol–water partition coefficient (Wildman–Crippen LogP) is 3.44. The van der Waals surface area contributed by atoms with Crippen molar-refractivity contribution in [2.45, 2.75) is 65.0 Å². The third-order valence-electron chi connectivity index (χ3n) is 5.46. The van der Waals surface area contributed by atoms with Crippen LogP contribution >= 0.6 is 0 Å². The standard InChI is InChI=1S/C19H35N3O/c1-6-8-9-10-11-13-22(5)18(20-7-2)21-16-15-12-14-23-17(15)19(16,3)4/h6,15-17H,1,7-14H2,2-5H3,(H,20,21). The minimum Gasteiger partial charge on any atom is -0.377 e. The molecule has 2 aliphatic rings. The van der Waals surface area contributed by atoms with Crippen LogP contribution in [0, 0.1) is 11.3 Å². The van der Waals surface area contributed by atoms with Gasteiger partial charge in [-0.1, -0.05) is 26.3 Å². The van der Waals surface area contributed by atoms with Crippen molar-refractivity contribution < 1.29 is 4.74 Å². The molecule has 0 bridgehead atoms. The van der Waals surface area contributed by atoms with Crippen molar-refractivity contribution in [2.24, 2.45) is 16.3 Å². The molecule has 0 radical (unpaired) electrons. The van der Waals surface area contributed by atoms with Crippen molar-refractivity contribution in [3.05, 3.63) is 12.7 Å². The van der Waals surface area contributed by atoms with Gasteiger partial charge in [0.05, 0.1) is 6.10 Å². The van der Waals surface area contributed by atoms with Crippen LogP contribution in [0.3, 0.4) is 0 Å². The quantitative estimate of drug-likeness (QED) is 0.322. The smallest absolute Gasteiger partial charge is 0.193 e. The summed E-state index contributed by atoms with van der Waals surface area (Å²) in [7, 11) is 2.16. The Morgan fingerprint density at radius 2 is 2.17 bits per heavy atom. The van der Waals surface area contributed by atoms with Crippen molar-refractivity contribution in [1.82, 2.24) is 10.2 Å². The summed E-state index contributed by atoms with van der Waals surface area (Å²) in [6.07, 6.45) is 8.43. The topological polar surface area (TPSA) is 36.9 Å². The average molecular weight is 322 g/mol. The number of aliphatic imine (C=N–C) groups is 1. The van der Waals surface area contributed by atoms with Crippen LogP contribution < -0.4 is 5.32 Å². The number of unbranched alkanes of at least 4 members (excludes halogenated alkanes) is 3. The lowest BCUT2D eigenvalue weighted by molar-refractivity contribution is -0.107. The molecule has 1 aliphatic heterocycles. The highest BCUT2D eigenvalue weighted by Gasteiger charge is 2.59. The molecule has 4 nitrogen and oxygen atoms in total. The fourth-order valence-corrected chi connectivity index (χ4v) is 4.10. The van der Waals surface area contributed by atoms with Gasteiger partial charge in [0.15, 0.2) is 5.96 Å². The maximum Gasteiger partial charge on any atom is 0.193 e. The SMILES string of the molecule is C=CCCCCCN(C)C(=NCC)NC1C2CCOC2C1(C)C. The minimum absolute atomic E-state index is 0.195. The van der Waals surface area contributed by atoms with E-state index in [1.165, 1.54) is 25.7 Å². The number of guanidine groups is 1. The van der Waals surface area contributed by atoms with Gasteiger partial charge in [-0.15, -0.1) is 6.58 Å². The summed E-state index contributed by atoms with van der Waals surface area (Å²) in [5.74, 6) is 1.70. The zero-order valence-electron chi connectivity index (χ0n) is 15.5. The molecule has 3 unspecified atom stereocenters. The first-order chi connectivity index (χ1) is 11.0. The van der Waals surface area contributed by atoms with Crippen LogP contribution in [0.2, 0.25) is 0 Å². The van der Waals surface area contributed by atoms with Crippen LogP contribution in [-0.2, 0) is 4.74 Å². The zero-order valence-corrected chi connectivity index (χ0v) is 15.5. The van der Waals surface area contributed by atoms with Crippen molar-refractivity contribution in [3.63, 3.8) is 0 Å². The van der Waals surface area contributed by atoms with Gasteiger partial charge in [-0.25, -0.2) is 0 Å². The lowest BCUT2D eigenvalue weighted by Crippen LogP contribution is -2.68. The number of nitrogens with zero attached hydrogens (tertiary/aromatic N) is 2. The summed E-state index contributed by atoms with van der Waals surface area (Å²) in [6, 6.07) is 0.475. The maximum absolute atomic E-state index is 5.90. The molecular formula is C19H35N3O. The molecule has 2 rings (SSSR count). The Morgan fingerprint density at radius 1 is 1.39 bits per heavy atom. The van der Waals surface area contributed by atoms with E-state index in [2.05, 4.69) is 44.6 Å². The number of hydrogen-bond donors (Lipinski definition) is 1. The summed E-state index contributed by atoms with van der Waals surface area (Å²) in [5, 5.41) is 3.75. The van der Waals surface area contributed by atoms with E-state index in [4.69, 9.17) is 9.73 Å². The first-order valence-corrected chi connectivity index (χ1v) is 9.27. The lowest BCUT2D eigenvalue weighted by Gasteiger charge is -2.55. The van der Waals surface area contributed by atoms with E-state index < -0.39 is 0 Å². The molecule has 23 heavy (non-hydrogen) atoms. The molecule has 1 heterocycles. The van der Waals surface area contributed by atoms with Gasteiger partial charge in [-0.3, -0.25) is 4.99 Å². The summed E-state index contributed by atoms with van der Waals surface area (Å²) in [6.45, 7) is 13.3. The van der Waals surface area contributed by atoms with Crippen molar-refractivity contribution >= 4 is 5.96 Å². The highest BCUT2D eigenvalue weighted by atomic mass is 16.5. The van der Waals surface area contributed by atoms with E-state index in [0.29, 0.717) is 18.1 Å². The molecule has 2 fully saturated rings. The number of allylic oxidation sites excluding steroid dienone is 1. The van der Waals surface area contributed by atoms with Gasteiger partial charge in [-0.2, -0.15) is 0 Å². The Bertz CT molecular complexity index is 419. The Kier molecular flexibility index (Phi) is 6.51. The van der Waals surface area contributed by atoms with Gasteiger partial charge in [0.2, 0.25) is 0 Å². The Balaban J connectivity index is 1.86. The van der Waals surface area contributed by atoms with Gasteiger partial charge < -0.3 is 15.0 Å². The van der Waals surface area contributed by atoms with Crippen LogP contribution in [0.25, 0.3) is 0 Å². The highest BCUT2D eigenvalue weighted by Crippen LogP contribution is 2.52. The Hall–Kier alpha value is -1.03. The average Bonchev–Trinajstić information content (AvgIpc) is 2.97. The molecular weight excluding hydrogens is 286 g/mol. The predicted molar refractivity (Wildman–Crippen MR) is 97.8 cm³/mol. The molecule has 1 aliphatic carbocycles. The van der Waals surface area contributed by atoms with Gasteiger partial charge in [0.25, 0.3) is 0 Å². The molecule has 1 saturated heterocycles. The summed E-state index contributed by atoms with van der Waals surface area (Å²) in [4.78, 5) is 7.00. The molecule has 3 atom stereocenters. The largest absolute Gasteiger partial charge is 0.377 e. The van der Waals surface area contributed by atoms with E-state index >= 15 is 0 Å². The molecule has 1 saturated carbocycles. The number of hydrogen-bond acceptors (Lipinski definition) is 2. The maximum atomic E-state index is 5.90. The summed E-state index contributed by atoms with van der Waals surface area (Å²) in [5.41, 5.74) is 0.195. The Labute approximate surface area is 142 Å². The molecule has 0 aromatic heterocycles. The van der Waals surface area contributed by atoms with E-state index in [1.807, 2.05) is 6.08 Å². The van der Waals surface area contributed by atoms with E-state index in [9.17, 15) is 0 Å².